The first kappa shape index (κ1) is 18.8. The minimum atomic E-state index is -3.81. The number of aromatic nitrogens is 1. The standard InChI is InChI=1S/C16H16F2N2O4S/c1-2-25(22,23)20(15-9-13(17)8-14(18)10-15)6-7-24-16(21)12-4-3-5-19-11-12/h3-5,8-11H,2,6-7H2,1H3. The maximum Gasteiger partial charge on any atom is 0.339 e. The molecule has 0 saturated heterocycles. The van der Waals surface area contributed by atoms with Crippen molar-refractivity contribution >= 4 is 21.7 Å². The first-order valence-electron chi connectivity index (χ1n) is 7.37. The van der Waals surface area contributed by atoms with Gasteiger partial charge in [0.25, 0.3) is 0 Å². The Labute approximate surface area is 144 Å². The van der Waals surface area contributed by atoms with Gasteiger partial charge in [-0.2, -0.15) is 0 Å². The Morgan fingerprint density at radius 1 is 1.24 bits per heavy atom. The Bertz CT molecular complexity index is 824. The van der Waals surface area contributed by atoms with E-state index >= 15 is 0 Å². The number of esters is 1. The molecule has 2 aromatic rings. The number of carbonyl (C=O) groups excluding carboxylic acids is 1. The molecule has 9 heteroatoms. The van der Waals surface area contributed by atoms with Crippen LogP contribution in [-0.2, 0) is 14.8 Å². The van der Waals surface area contributed by atoms with E-state index in [0.717, 1.165) is 16.4 Å². The average molecular weight is 370 g/mol. The minimum Gasteiger partial charge on any atom is -0.460 e. The number of nitrogens with zero attached hydrogens (tertiary/aromatic N) is 2. The largest absolute Gasteiger partial charge is 0.460 e. The van der Waals surface area contributed by atoms with Gasteiger partial charge in [0.15, 0.2) is 0 Å². The van der Waals surface area contributed by atoms with Gasteiger partial charge in [-0.05, 0) is 31.2 Å². The zero-order valence-electron chi connectivity index (χ0n) is 13.4. The van der Waals surface area contributed by atoms with E-state index in [4.69, 9.17) is 4.74 Å². The van der Waals surface area contributed by atoms with Crippen LogP contribution in [0.25, 0.3) is 0 Å². The molecule has 0 spiro atoms. The quantitative estimate of drug-likeness (QED) is 0.700. The molecule has 2 rings (SSSR count). The predicted molar refractivity (Wildman–Crippen MR) is 87.7 cm³/mol. The summed E-state index contributed by atoms with van der Waals surface area (Å²) in [5, 5.41) is 0. The second-order valence-electron chi connectivity index (χ2n) is 4.98. The predicted octanol–water partition coefficient (Wildman–Crippen LogP) is 2.37. The normalized spacial score (nSPS) is 11.2. The van der Waals surface area contributed by atoms with E-state index in [1.165, 1.54) is 25.4 Å². The summed E-state index contributed by atoms with van der Waals surface area (Å²) in [6, 6.07) is 5.50. The summed E-state index contributed by atoms with van der Waals surface area (Å²) in [6.07, 6.45) is 2.80. The van der Waals surface area contributed by atoms with Crippen molar-refractivity contribution < 1.29 is 26.7 Å². The van der Waals surface area contributed by atoms with E-state index < -0.39 is 27.6 Å². The molecule has 6 nitrogen and oxygen atoms in total. The number of halogens is 2. The smallest absolute Gasteiger partial charge is 0.339 e. The van der Waals surface area contributed by atoms with Crippen molar-refractivity contribution in [2.45, 2.75) is 6.92 Å². The molecule has 1 aromatic heterocycles. The van der Waals surface area contributed by atoms with Crippen LogP contribution in [0.2, 0.25) is 0 Å². The number of sulfonamides is 1. The van der Waals surface area contributed by atoms with E-state index in [1.807, 2.05) is 0 Å². The van der Waals surface area contributed by atoms with Gasteiger partial charge in [-0.1, -0.05) is 0 Å². The summed E-state index contributed by atoms with van der Waals surface area (Å²) < 4.78 is 57.0. The second-order valence-corrected chi connectivity index (χ2v) is 7.16. The molecule has 0 fully saturated rings. The second kappa shape index (κ2) is 8.02. The van der Waals surface area contributed by atoms with Crippen LogP contribution in [0.5, 0.6) is 0 Å². The van der Waals surface area contributed by atoms with Gasteiger partial charge in [0, 0.05) is 18.5 Å². The van der Waals surface area contributed by atoms with Crippen molar-refractivity contribution in [3.05, 3.63) is 59.9 Å². The number of hydrogen-bond donors (Lipinski definition) is 0. The molecule has 0 saturated carbocycles. The topological polar surface area (TPSA) is 76.6 Å². The zero-order chi connectivity index (χ0) is 18.4. The Hall–Kier alpha value is -2.55. The molecule has 0 N–H and O–H groups in total. The molecule has 1 heterocycles. The number of benzene rings is 1. The first-order chi connectivity index (χ1) is 11.8. The van der Waals surface area contributed by atoms with Gasteiger partial charge in [-0.25, -0.2) is 22.0 Å². The van der Waals surface area contributed by atoms with E-state index in [2.05, 4.69) is 4.98 Å². The number of anilines is 1. The lowest BCUT2D eigenvalue weighted by atomic mass is 10.3. The molecule has 0 atom stereocenters. The highest BCUT2D eigenvalue weighted by atomic mass is 32.2. The molecule has 134 valence electrons. The van der Waals surface area contributed by atoms with Gasteiger partial charge in [-0.3, -0.25) is 9.29 Å². The molecule has 0 unspecified atom stereocenters. The molecule has 0 aliphatic rings. The molecule has 0 amide bonds. The van der Waals surface area contributed by atoms with Gasteiger partial charge in [0.1, 0.15) is 18.2 Å². The fourth-order valence-corrected chi connectivity index (χ4v) is 3.15. The third-order valence-corrected chi connectivity index (χ3v) is 5.06. The van der Waals surface area contributed by atoms with Crippen LogP contribution in [0.1, 0.15) is 17.3 Å². The van der Waals surface area contributed by atoms with Crippen molar-refractivity contribution in [2.75, 3.05) is 23.2 Å². The lowest BCUT2D eigenvalue weighted by Gasteiger charge is -2.23. The van der Waals surface area contributed by atoms with Crippen molar-refractivity contribution in [1.29, 1.82) is 0 Å². The van der Waals surface area contributed by atoms with Gasteiger partial charge < -0.3 is 4.74 Å². The third-order valence-electron chi connectivity index (χ3n) is 3.26. The molecule has 0 bridgehead atoms. The molecule has 1 aromatic carbocycles. The Morgan fingerprint density at radius 3 is 2.48 bits per heavy atom. The highest BCUT2D eigenvalue weighted by Gasteiger charge is 2.22. The van der Waals surface area contributed by atoms with Crippen molar-refractivity contribution in [1.82, 2.24) is 4.98 Å². The number of ether oxygens (including phenoxy) is 1. The number of pyridine rings is 1. The molecule has 25 heavy (non-hydrogen) atoms. The van der Waals surface area contributed by atoms with Crippen molar-refractivity contribution in [3.63, 3.8) is 0 Å². The lowest BCUT2D eigenvalue weighted by Crippen LogP contribution is -2.35. The molecule has 0 aliphatic heterocycles. The van der Waals surface area contributed by atoms with Gasteiger partial charge >= 0.3 is 5.97 Å². The van der Waals surface area contributed by atoms with Crippen LogP contribution in [0.3, 0.4) is 0 Å². The van der Waals surface area contributed by atoms with Crippen molar-refractivity contribution in [3.8, 4) is 0 Å². The summed E-state index contributed by atoms with van der Waals surface area (Å²) in [5.74, 6) is -2.76. The van der Waals surface area contributed by atoms with Crippen LogP contribution in [0.15, 0.2) is 42.7 Å². The maximum atomic E-state index is 13.4. The number of rotatable bonds is 7. The SMILES string of the molecule is CCS(=O)(=O)N(CCOC(=O)c1cccnc1)c1cc(F)cc(F)c1. The van der Waals surface area contributed by atoms with Crippen molar-refractivity contribution in [2.24, 2.45) is 0 Å². The summed E-state index contributed by atoms with van der Waals surface area (Å²) >= 11 is 0. The molecule has 0 radical (unpaired) electrons. The summed E-state index contributed by atoms with van der Waals surface area (Å²) in [5.41, 5.74) is 0.0426. The minimum absolute atomic E-state index is 0.170. The maximum absolute atomic E-state index is 13.4. The first-order valence-corrected chi connectivity index (χ1v) is 8.98. The van der Waals surface area contributed by atoms with Crippen LogP contribution in [0.4, 0.5) is 14.5 Å². The van der Waals surface area contributed by atoms with Crippen LogP contribution in [-0.4, -0.2) is 38.3 Å². The summed E-state index contributed by atoms with van der Waals surface area (Å²) in [6.45, 7) is 0.843. The number of hydrogen-bond acceptors (Lipinski definition) is 5. The average Bonchev–Trinajstić information content (AvgIpc) is 2.58. The summed E-state index contributed by atoms with van der Waals surface area (Å²) in [7, 11) is -3.81. The monoisotopic (exact) mass is 370 g/mol. The Kier molecular flexibility index (Phi) is 6.02. The lowest BCUT2D eigenvalue weighted by molar-refractivity contribution is 0.0517. The van der Waals surface area contributed by atoms with E-state index in [1.54, 1.807) is 6.07 Å². The zero-order valence-corrected chi connectivity index (χ0v) is 14.2. The van der Waals surface area contributed by atoms with Crippen LogP contribution < -0.4 is 4.31 Å². The molecular weight excluding hydrogens is 354 g/mol. The fraction of sp³-hybridized carbons (Fsp3) is 0.250. The highest BCUT2D eigenvalue weighted by Crippen LogP contribution is 2.21. The van der Waals surface area contributed by atoms with Crippen LogP contribution in [0, 0.1) is 11.6 Å². The van der Waals surface area contributed by atoms with E-state index in [0.29, 0.717) is 6.07 Å². The van der Waals surface area contributed by atoms with Gasteiger partial charge in [0.05, 0.1) is 23.5 Å². The summed E-state index contributed by atoms with van der Waals surface area (Å²) in [4.78, 5) is 15.6. The Morgan fingerprint density at radius 2 is 1.92 bits per heavy atom. The van der Waals surface area contributed by atoms with Gasteiger partial charge in [0.2, 0.25) is 10.0 Å². The highest BCUT2D eigenvalue weighted by molar-refractivity contribution is 7.92. The third kappa shape index (κ3) is 4.96. The van der Waals surface area contributed by atoms with Gasteiger partial charge in [-0.15, -0.1) is 0 Å². The number of carbonyl (C=O) groups is 1. The van der Waals surface area contributed by atoms with E-state index in [9.17, 15) is 22.0 Å². The van der Waals surface area contributed by atoms with E-state index in [-0.39, 0.29) is 30.2 Å². The van der Waals surface area contributed by atoms with Crippen LogP contribution >= 0.6 is 0 Å². The molecular formula is C16H16F2N2O4S. The molecule has 0 aliphatic carbocycles. The Balaban J connectivity index is 2.14. The fourth-order valence-electron chi connectivity index (χ4n) is 2.06.